The SMILES string of the molecule is CCCCCCCCCCCCCCCCCCCCCC(=O)OCCCCCCCCCCCCCCCCCCCCCCCCCCCCCCCCCCCCCCCC(=O)NC(CO)C(O)CCCCCCCCCCCCCCCCC. The Bertz CT molecular complexity index is 1290. The molecule has 0 heterocycles. The molecule has 6 heteroatoms. The van der Waals surface area contributed by atoms with Crippen LogP contribution >= 0.6 is 0 Å². The van der Waals surface area contributed by atoms with Crippen molar-refractivity contribution in [3.8, 4) is 0 Å². The zero-order chi connectivity index (χ0) is 63.5. The van der Waals surface area contributed by atoms with Crippen molar-refractivity contribution < 1.29 is 24.5 Å². The average Bonchev–Trinajstić information content (AvgIpc) is 3.59. The van der Waals surface area contributed by atoms with E-state index in [9.17, 15) is 19.8 Å². The number of aliphatic hydroxyl groups excluding tert-OH is 2. The smallest absolute Gasteiger partial charge is 0.305 e. The summed E-state index contributed by atoms with van der Waals surface area (Å²) in [5.41, 5.74) is 0. The molecule has 0 fully saturated rings. The maximum Gasteiger partial charge on any atom is 0.305 e. The largest absolute Gasteiger partial charge is 0.466 e. The monoisotopic (exact) mass is 1240 g/mol. The number of ether oxygens (including phenoxy) is 1. The zero-order valence-corrected chi connectivity index (χ0v) is 60.5. The molecule has 1 amide bonds. The second kappa shape index (κ2) is 78.3. The van der Waals surface area contributed by atoms with Gasteiger partial charge in [-0.1, -0.05) is 450 Å². The van der Waals surface area contributed by atoms with Crippen LogP contribution < -0.4 is 5.32 Å². The minimum atomic E-state index is -0.659. The summed E-state index contributed by atoms with van der Waals surface area (Å²) in [7, 11) is 0. The van der Waals surface area contributed by atoms with Crippen molar-refractivity contribution in [1.82, 2.24) is 5.32 Å². The van der Waals surface area contributed by atoms with Gasteiger partial charge in [0.25, 0.3) is 0 Å². The Morgan fingerprint density at radius 3 is 0.693 bits per heavy atom. The van der Waals surface area contributed by atoms with Crippen LogP contribution in [0.5, 0.6) is 0 Å². The summed E-state index contributed by atoms with van der Waals surface area (Å²) in [6.45, 7) is 5.02. The van der Waals surface area contributed by atoms with Crippen molar-refractivity contribution >= 4 is 11.9 Å². The maximum atomic E-state index is 12.5. The van der Waals surface area contributed by atoms with Crippen LogP contribution in [0.1, 0.15) is 489 Å². The number of aliphatic hydroxyl groups is 2. The van der Waals surface area contributed by atoms with E-state index < -0.39 is 12.1 Å². The summed E-state index contributed by atoms with van der Waals surface area (Å²) in [6.07, 6.45) is 98.0. The summed E-state index contributed by atoms with van der Waals surface area (Å²) >= 11 is 0. The Hall–Kier alpha value is -1.14. The van der Waals surface area contributed by atoms with Gasteiger partial charge in [0, 0.05) is 12.8 Å². The molecule has 2 unspecified atom stereocenters. The molecule has 0 bridgehead atoms. The Morgan fingerprint density at radius 1 is 0.273 bits per heavy atom. The fourth-order valence-electron chi connectivity index (χ4n) is 13.6. The quantitative estimate of drug-likeness (QED) is 0.0417. The van der Waals surface area contributed by atoms with E-state index in [0.29, 0.717) is 25.9 Å². The van der Waals surface area contributed by atoms with E-state index in [1.54, 1.807) is 0 Å². The first-order valence-electron chi connectivity index (χ1n) is 41.3. The van der Waals surface area contributed by atoms with E-state index in [4.69, 9.17) is 4.74 Å². The molecule has 526 valence electrons. The molecule has 0 aliphatic carbocycles. The van der Waals surface area contributed by atoms with Crippen LogP contribution in [0.25, 0.3) is 0 Å². The van der Waals surface area contributed by atoms with Gasteiger partial charge >= 0.3 is 5.97 Å². The number of carbonyl (C=O) groups is 2. The van der Waals surface area contributed by atoms with Crippen molar-refractivity contribution in [3.63, 3.8) is 0 Å². The Morgan fingerprint density at radius 2 is 0.466 bits per heavy atom. The highest BCUT2D eigenvalue weighted by Crippen LogP contribution is 2.21. The molecule has 0 aliphatic heterocycles. The van der Waals surface area contributed by atoms with Gasteiger partial charge in [0.2, 0.25) is 5.91 Å². The normalized spacial score (nSPS) is 12.4. The molecule has 88 heavy (non-hydrogen) atoms. The Balaban J connectivity index is 3.27. The van der Waals surface area contributed by atoms with Crippen LogP contribution in [-0.2, 0) is 14.3 Å². The first-order valence-corrected chi connectivity index (χ1v) is 41.3. The number of rotatable bonds is 79. The molecule has 0 saturated heterocycles. The summed E-state index contributed by atoms with van der Waals surface area (Å²) < 4.78 is 5.53. The van der Waals surface area contributed by atoms with Crippen molar-refractivity contribution in [2.75, 3.05) is 13.2 Å². The lowest BCUT2D eigenvalue weighted by molar-refractivity contribution is -0.143. The van der Waals surface area contributed by atoms with E-state index in [1.807, 2.05) is 0 Å². The van der Waals surface area contributed by atoms with Gasteiger partial charge < -0.3 is 20.3 Å². The molecule has 0 aromatic heterocycles. The van der Waals surface area contributed by atoms with Crippen LogP contribution in [0.2, 0.25) is 0 Å². The van der Waals surface area contributed by atoms with Crippen LogP contribution in [-0.4, -0.2) is 47.4 Å². The highest BCUT2D eigenvalue weighted by atomic mass is 16.5. The van der Waals surface area contributed by atoms with Crippen LogP contribution in [0.4, 0.5) is 0 Å². The summed E-state index contributed by atoms with van der Waals surface area (Å²) in [6, 6.07) is -0.536. The van der Waals surface area contributed by atoms with E-state index in [1.165, 1.54) is 417 Å². The number of nitrogens with one attached hydrogen (secondary N) is 1. The van der Waals surface area contributed by atoms with Crippen molar-refractivity contribution in [2.45, 2.75) is 501 Å². The second-order valence-corrected chi connectivity index (χ2v) is 28.8. The van der Waals surface area contributed by atoms with Crippen LogP contribution in [0.15, 0.2) is 0 Å². The molecule has 0 rings (SSSR count). The highest BCUT2D eigenvalue weighted by Gasteiger charge is 2.20. The number of amides is 1. The van der Waals surface area contributed by atoms with Gasteiger partial charge in [-0.15, -0.1) is 0 Å². The van der Waals surface area contributed by atoms with E-state index >= 15 is 0 Å². The number of unbranched alkanes of at least 4 members (excludes halogenated alkanes) is 68. The van der Waals surface area contributed by atoms with Crippen molar-refractivity contribution in [2.24, 2.45) is 0 Å². The fourth-order valence-corrected chi connectivity index (χ4v) is 13.6. The van der Waals surface area contributed by atoms with E-state index in [2.05, 4.69) is 19.2 Å². The van der Waals surface area contributed by atoms with Crippen LogP contribution in [0.3, 0.4) is 0 Å². The minimum absolute atomic E-state index is 0.0248. The second-order valence-electron chi connectivity index (χ2n) is 28.8. The molecular formula is C82H163NO5. The van der Waals surface area contributed by atoms with E-state index in [0.717, 1.165) is 38.5 Å². The third kappa shape index (κ3) is 73.9. The van der Waals surface area contributed by atoms with Gasteiger partial charge in [0.15, 0.2) is 0 Å². The first kappa shape index (κ1) is 86.9. The Kier molecular flexibility index (Phi) is 77.3. The summed E-state index contributed by atoms with van der Waals surface area (Å²) in [4.78, 5) is 24.7. The molecule has 3 N–H and O–H groups in total. The third-order valence-corrected chi connectivity index (χ3v) is 19.9. The lowest BCUT2D eigenvalue weighted by Crippen LogP contribution is -2.45. The molecule has 6 nitrogen and oxygen atoms in total. The first-order chi connectivity index (χ1) is 43.5. The number of esters is 1. The van der Waals surface area contributed by atoms with Crippen molar-refractivity contribution in [3.05, 3.63) is 0 Å². The summed E-state index contributed by atoms with van der Waals surface area (Å²) in [5, 5.41) is 23.4. The number of hydrogen-bond acceptors (Lipinski definition) is 5. The average molecular weight is 1240 g/mol. The van der Waals surface area contributed by atoms with Gasteiger partial charge in [0.05, 0.1) is 25.4 Å². The molecule has 0 aromatic rings. The molecule has 2 atom stereocenters. The van der Waals surface area contributed by atoms with Gasteiger partial charge in [-0.05, 0) is 25.7 Å². The minimum Gasteiger partial charge on any atom is -0.466 e. The van der Waals surface area contributed by atoms with Gasteiger partial charge in [-0.2, -0.15) is 0 Å². The predicted octanol–water partition coefficient (Wildman–Crippen LogP) is 27.3. The van der Waals surface area contributed by atoms with E-state index in [-0.39, 0.29) is 18.5 Å². The molecular weight excluding hydrogens is 1080 g/mol. The lowest BCUT2D eigenvalue weighted by Gasteiger charge is -2.22. The molecule has 0 saturated carbocycles. The maximum absolute atomic E-state index is 12.5. The third-order valence-electron chi connectivity index (χ3n) is 19.9. The van der Waals surface area contributed by atoms with Crippen LogP contribution in [0, 0.1) is 0 Å². The predicted molar refractivity (Wildman–Crippen MR) is 389 cm³/mol. The van der Waals surface area contributed by atoms with Gasteiger partial charge in [-0.3, -0.25) is 9.59 Å². The fraction of sp³-hybridized carbons (Fsp3) is 0.976. The topological polar surface area (TPSA) is 95.9 Å². The zero-order valence-electron chi connectivity index (χ0n) is 60.5. The van der Waals surface area contributed by atoms with Crippen molar-refractivity contribution in [1.29, 1.82) is 0 Å². The van der Waals surface area contributed by atoms with Gasteiger partial charge in [0.1, 0.15) is 0 Å². The molecule has 0 spiro atoms. The van der Waals surface area contributed by atoms with Gasteiger partial charge in [-0.25, -0.2) is 0 Å². The summed E-state index contributed by atoms with van der Waals surface area (Å²) in [5.74, 6) is 0.00490. The molecule has 0 aliphatic rings. The molecule has 0 aromatic carbocycles. The molecule has 0 radical (unpaired) electrons. The lowest BCUT2D eigenvalue weighted by atomic mass is 10.0. The standard InChI is InChI=1S/C82H163NO5/c1-3-5-7-9-11-13-15-17-19-20-40-44-48-52-56-60-64-68-72-76-82(87)88-77-73-69-65-61-57-53-49-45-42-39-37-35-33-31-29-27-25-23-21-22-24-26-28-30-32-34-36-38-41-43-47-51-55-59-63-67-71-75-81(86)83-79(78-84)80(85)74-70-66-62-58-54-50-46-18-16-14-12-10-8-6-4-2/h79-80,84-85H,3-78H2,1-2H3,(H,83,86). The number of carbonyl (C=O) groups excluding carboxylic acids is 2. The number of hydrogen-bond donors (Lipinski definition) is 3. The Labute approximate surface area is 553 Å². The highest BCUT2D eigenvalue weighted by molar-refractivity contribution is 5.76.